The first-order valence-corrected chi connectivity index (χ1v) is 9.16. The van der Waals surface area contributed by atoms with Crippen LogP contribution in [-0.4, -0.2) is 14.7 Å². The van der Waals surface area contributed by atoms with Gasteiger partial charge in [-0.25, -0.2) is 4.98 Å². The number of imidazole rings is 1. The Morgan fingerprint density at radius 2 is 1.81 bits per heavy atom. The number of hydrogen-bond acceptors (Lipinski definition) is 3. The molecule has 0 fully saturated rings. The van der Waals surface area contributed by atoms with Gasteiger partial charge in [0.05, 0.1) is 11.0 Å². The maximum atomic E-state index is 10.4. The van der Waals surface area contributed by atoms with Crippen LogP contribution in [0.4, 0.5) is 5.95 Å². The molecule has 26 heavy (non-hydrogen) atoms. The summed E-state index contributed by atoms with van der Waals surface area (Å²) in [6.45, 7) is 3.66. The lowest BCUT2D eigenvalue weighted by molar-refractivity contribution is 0.470. The SMILES string of the molecule is CCCCn1c(NCc2c(O)ccc3ccccc23)nc2ccccc21. The molecule has 132 valence electrons. The lowest BCUT2D eigenvalue weighted by atomic mass is 10.0. The number of hydrogen-bond donors (Lipinski definition) is 2. The van der Waals surface area contributed by atoms with Gasteiger partial charge >= 0.3 is 0 Å². The first kappa shape index (κ1) is 16.5. The average Bonchev–Trinajstić information content (AvgIpc) is 3.03. The van der Waals surface area contributed by atoms with Gasteiger partial charge in [0, 0.05) is 18.7 Å². The number of rotatable bonds is 6. The second-order valence-corrected chi connectivity index (χ2v) is 6.57. The zero-order chi connectivity index (χ0) is 17.9. The van der Waals surface area contributed by atoms with Gasteiger partial charge in [-0.2, -0.15) is 0 Å². The quantitative estimate of drug-likeness (QED) is 0.498. The number of fused-ring (bicyclic) bond motifs is 2. The second kappa shape index (κ2) is 7.08. The predicted octanol–water partition coefficient (Wildman–Crippen LogP) is 5.31. The first-order valence-electron chi connectivity index (χ1n) is 9.16. The Kier molecular flexibility index (Phi) is 4.48. The van der Waals surface area contributed by atoms with E-state index in [-0.39, 0.29) is 0 Å². The van der Waals surface area contributed by atoms with E-state index in [1.807, 2.05) is 42.5 Å². The highest BCUT2D eigenvalue weighted by atomic mass is 16.3. The number of phenolic OH excluding ortho intramolecular Hbond substituents is 1. The van der Waals surface area contributed by atoms with Crippen LogP contribution in [0.25, 0.3) is 21.8 Å². The molecule has 0 saturated carbocycles. The molecule has 0 saturated heterocycles. The molecular formula is C22H23N3O. The standard InChI is InChI=1S/C22H23N3O/c1-2-3-14-25-20-11-7-6-10-19(20)24-22(25)23-15-18-17-9-5-4-8-16(17)12-13-21(18)26/h4-13,26H,2-3,14-15H2,1H3,(H,23,24). The summed E-state index contributed by atoms with van der Waals surface area (Å²) < 4.78 is 2.24. The van der Waals surface area contributed by atoms with Crippen molar-refractivity contribution >= 4 is 27.8 Å². The number of phenols is 1. The summed E-state index contributed by atoms with van der Waals surface area (Å²) in [6.07, 6.45) is 2.24. The van der Waals surface area contributed by atoms with E-state index in [4.69, 9.17) is 4.98 Å². The van der Waals surface area contributed by atoms with E-state index in [1.165, 1.54) is 0 Å². The van der Waals surface area contributed by atoms with Crippen LogP contribution in [0.1, 0.15) is 25.3 Å². The number of aromatic nitrogens is 2. The summed E-state index contributed by atoms with van der Waals surface area (Å²) in [4.78, 5) is 4.76. The molecule has 0 aliphatic heterocycles. The van der Waals surface area contributed by atoms with E-state index in [9.17, 15) is 5.11 Å². The Hall–Kier alpha value is -3.01. The van der Waals surface area contributed by atoms with Crippen LogP contribution in [0.3, 0.4) is 0 Å². The molecule has 0 bridgehead atoms. The Labute approximate surface area is 153 Å². The molecule has 0 unspecified atom stereocenters. The van der Waals surface area contributed by atoms with Gasteiger partial charge in [-0.05, 0) is 35.4 Å². The summed E-state index contributed by atoms with van der Waals surface area (Å²) in [5.74, 6) is 1.17. The van der Waals surface area contributed by atoms with Crippen LogP contribution in [-0.2, 0) is 13.1 Å². The van der Waals surface area contributed by atoms with Gasteiger partial charge in [0.1, 0.15) is 5.75 Å². The number of anilines is 1. The molecule has 1 aromatic heterocycles. The Morgan fingerprint density at radius 1 is 1.00 bits per heavy atom. The van der Waals surface area contributed by atoms with E-state index in [0.717, 1.165) is 52.7 Å². The Morgan fingerprint density at radius 3 is 2.69 bits per heavy atom. The third kappa shape index (κ3) is 2.99. The summed E-state index contributed by atoms with van der Waals surface area (Å²) in [5, 5.41) is 16.0. The molecule has 3 aromatic carbocycles. The molecule has 0 spiro atoms. The maximum absolute atomic E-state index is 10.4. The van der Waals surface area contributed by atoms with E-state index in [1.54, 1.807) is 6.07 Å². The van der Waals surface area contributed by atoms with Crippen molar-refractivity contribution in [3.8, 4) is 5.75 Å². The van der Waals surface area contributed by atoms with Gasteiger partial charge in [0.25, 0.3) is 0 Å². The van der Waals surface area contributed by atoms with Gasteiger partial charge in [-0.3, -0.25) is 0 Å². The molecule has 2 N–H and O–H groups in total. The van der Waals surface area contributed by atoms with Crippen LogP contribution in [0.5, 0.6) is 5.75 Å². The van der Waals surface area contributed by atoms with Crippen molar-refractivity contribution in [2.75, 3.05) is 5.32 Å². The van der Waals surface area contributed by atoms with Crippen molar-refractivity contribution in [2.45, 2.75) is 32.9 Å². The zero-order valence-corrected chi connectivity index (χ0v) is 14.9. The van der Waals surface area contributed by atoms with Crippen LogP contribution >= 0.6 is 0 Å². The third-order valence-corrected chi connectivity index (χ3v) is 4.83. The molecule has 0 amide bonds. The van der Waals surface area contributed by atoms with Crippen LogP contribution in [0, 0.1) is 0 Å². The predicted molar refractivity (Wildman–Crippen MR) is 108 cm³/mol. The van der Waals surface area contributed by atoms with Gasteiger partial charge < -0.3 is 15.0 Å². The summed E-state index contributed by atoms with van der Waals surface area (Å²) >= 11 is 0. The molecule has 4 nitrogen and oxygen atoms in total. The molecule has 1 heterocycles. The van der Waals surface area contributed by atoms with Crippen LogP contribution in [0.15, 0.2) is 60.7 Å². The summed E-state index contributed by atoms with van der Waals surface area (Å²) in [6, 6.07) is 20.1. The van der Waals surface area contributed by atoms with Crippen LogP contribution in [0.2, 0.25) is 0 Å². The van der Waals surface area contributed by atoms with Gasteiger partial charge in [0.15, 0.2) is 0 Å². The highest BCUT2D eigenvalue weighted by molar-refractivity contribution is 5.88. The van der Waals surface area contributed by atoms with E-state index in [2.05, 4.69) is 28.9 Å². The molecule has 0 aliphatic rings. The number of unbranched alkanes of at least 4 members (excludes halogenated alkanes) is 1. The fourth-order valence-corrected chi connectivity index (χ4v) is 3.43. The molecule has 4 heteroatoms. The fraction of sp³-hybridized carbons (Fsp3) is 0.227. The lowest BCUT2D eigenvalue weighted by Crippen LogP contribution is -2.08. The number of benzene rings is 3. The normalized spacial score (nSPS) is 11.3. The Bertz CT molecular complexity index is 1050. The van der Waals surface area contributed by atoms with Crippen molar-refractivity contribution < 1.29 is 5.11 Å². The monoisotopic (exact) mass is 345 g/mol. The number of aromatic hydroxyl groups is 1. The average molecular weight is 345 g/mol. The van der Waals surface area contributed by atoms with E-state index >= 15 is 0 Å². The maximum Gasteiger partial charge on any atom is 0.204 e. The molecule has 4 aromatic rings. The second-order valence-electron chi connectivity index (χ2n) is 6.57. The highest BCUT2D eigenvalue weighted by Gasteiger charge is 2.12. The minimum atomic E-state index is 0.312. The first-order chi connectivity index (χ1) is 12.8. The van der Waals surface area contributed by atoms with Crippen molar-refractivity contribution in [3.05, 3.63) is 66.2 Å². The number of para-hydroxylation sites is 2. The van der Waals surface area contributed by atoms with Crippen LogP contribution < -0.4 is 5.32 Å². The molecular weight excluding hydrogens is 322 g/mol. The molecule has 0 atom stereocenters. The number of aryl methyl sites for hydroxylation is 1. The number of nitrogens with zero attached hydrogens (tertiary/aromatic N) is 2. The largest absolute Gasteiger partial charge is 0.508 e. The smallest absolute Gasteiger partial charge is 0.204 e. The zero-order valence-electron chi connectivity index (χ0n) is 14.9. The van der Waals surface area contributed by atoms with Gasteiger partial charge in [-0.15, -0.1) is 0 Å². The minimum absolute atomic E-state index is 0.312. The fourth-order valence-electron chi connectivity index (χ4n) is 3.43. The van der Waals surface area contributed by atoms with Gasteiger partial charge in [-0.1, -0.05) is 55.8 Å². The number of nitrogens with one attached hydrogen (secondary N) is 1. The van der Waals surface area contributed by atoms with Crippen molar-refractivity contribution in [1.82, 2.24) is 9.55 Å². The highest BCUT2D eigenvalue weighted by Crippen LogP contribution is 2.28. The topological polar surface area (TPSA) is 50.1 Å². The molecule has 0 aliphatic carbocycles. The van der Waals surface area contributed by atoms with E-state index < -0.39 is 0 Å². The lowest BCUT2D eigenvalue weighted by Gasteiger charge is -2.13. The van der Waals surface area contributed by atoms with Crippen molar-refractivity contribution in [1.29, 1.82) is 0 Å². The minimum Gasteiger partial charge on any atom is -0.508 e. The third-order valence-electron chi connectivity index (χ3n) is 4.83. The Balaban J connectivity index is 1.69. The van der Waals surface area contributed by atoms with Gasteiger partial charge in [0.2, 0.25) is 5.95 Å². The molecule has 4 rings (SSSR count). The van der Waals surface area contributed by atoms with Crippen molar-refractivity contribution in [2.24, 2.45) is 0 Å². The summed E-state index contributed by atoms with van der Waals surface area (Å²) in [5.41, 5.74) is 3.04. The van der Waals surface area contributed by atoms with E-state index in [0.29, 0.717) is 12.3 Å². The van der Waals surface area contributed by atoms with Crippen molar-refractivity contribution in [3.63, 3.8) is 0 Å². The molecule has 0 radical (unpaired) electrons. The summed E-state index contributed by atoms with van der Waals surface area (Å²) in [7, 11) is 0.